The minimum absolute atomic E-state index is 0.00463. The summed E-state index contributed by atoms with van der Waals surface area (Å²) in [4.78, 5) is 10.5. The smallest absolute Gasteiger partial charge is 0.264 e. The van der Waals surface area contributed by atoms with Gasteiger partial charge in [0.2, 0.25) is 5.96 Å². The first-order valence-corrected chi connectivity index (χ1v) is 2.31. The number of hydrogen-bond donors (Lipinski definition) is 3. The Hall–Kier alpha value is -1.14. The molecule has 1 fully saturated rings. The summed E-state index contributed by atoms with van der Waals surface area (Å²) in [5.74, 6) is 9.65. The highest BCUT2D eigenvalue weighted by Crippen LogP contribution is 1.96. The van der Waals surface area contributed by atoms with Crippen molar-refractivity contribution in [3.05, 3.63) is 0 Å². The predicted molar refractivity (Wildman–Crippen MR) is 29.7 cm³/mol. The van der Waals surface area contributed by atoms with Crippen molar-refractivity contribution in [2.75, 3.05) is 6.54 Å². The maximum Gasteiger partial charge on any atom is 0.264 e. The lowest BCUT2D eigenvalue weighted by Crippen LogP contribution is -2.41. The SMILES string of the molecule is N=C1N(N)CC(=O)N1N. The number of nitrogens with zero attached hydrogens (tertiary/aromatic N) is 2. The van der Waals surface area contributed by atoms with E-state index in [1.54, 1.807) is 0 Å². The van der Waals surface area contributed by atoms with Crippen LogP contribution >= 0.6 is 0 Å². The third-order valence-electron chi connectivity index (χ3n) is 1.07. The van der Waals surface area contributed by atoms with Crippen LogP contribution in [-0.2, 0) is 4.79 Å². The second-order valence-corrected chi connectivity index (χ2v) is 1.72. The Kier molecular flexibility index (Phi) is 1.11. The number of rotatable bonds is 0. The average molecular weight is 129 g/mol. The summed E-state index contributed by atoms with van der Waals surface area (Å²) in [6.07, 6.45) is 0. The molecule has 0 unspecified atom stereocenters. The monoisotopic (exact) mass is 129 g/mol. The van der Waals surface area contributed by atoms with Gasteiger partial charge in [-0.1, -0.05) is 0 Å². The van der Waals surface area contributed by atoms with Gasteiger partial charge in [-0.25, -0.2) is 16.7 Å². The number of guanidine groups is 1. The van der Waals surface area contributed by atoms with Crippen molar-refractivity contribution in [2.24, 2.45) is 11.7 Å². The summed E-state index contributed by atoms with van der Waals surface area (Å²) in [6.45, 7) is -0.00463. The minimum Gasteiger partial charge on any atom is -0.271 e. The van der Waals surface area contributed by atoms with Crippen molar-refractivity contribution in [1.82, 2.24) is 10.0 Å². The summed E-state index contributed by atoms with van der Waals surface area (Å²) in [6, 6.07) is 0. The van der Waals surface area contributed by atoms with E-state index >= 15 is 0 Å². The maximum atomic E-state index is 10.5. The van der Waals surface area contributed by atoms with Gasteiger partial charge < -0.3 is 0 Å². The number of nitrogens with one attached hydrogen (secondary N) is 1. The normalized spacial score (nSPS) is 19.8. The van der Waals surface area contributed by atoms with Crippen LogP contribution in [0.5, 0.6) is 0 Å². The van der Waals surface area contributed by atoms with Gasteiger partial charge in [0.15, 0.2) is 0 Å². The van der Waals surface area contributed by atoms with Gasteiger partial charge in [-0.2, -0.15) is 0 Å². The van der Waals surface area contributed by atoms with Crippen LogP contribution in [0.4, 0.5) is 0 Å². The molecule has 1 heterocycles. The molecule has 6 nitrogen and oxygen atoms in total. The first-order chi connectivity index (χ1) is 4.13. The Morgan fingerprint density at radius 1 is 1.56 bits per heavy atom. The number of carbonyl (C=O) groups excluding carboxylic acids is 1. The molecule has 1 aliphatic rings. The van der Waals surface area contributed by atoms with E-state index in [4.69, 9.17) is 17.1 Å². The van der Waals surface area contributed by atoms with Gasteiger partial charge in [-0.3, -0.25) is 15.2 Å². The largest absolute Gasteiger partial charge is 0.271 e. The molecule has 0 aliphatic carbocycles. The third kappa shape index (κ3) is 0.734. The van der Waals surface area contributed by atoms with Crippen LogP contribution in [0.25, 0.3) is 0 Å². The lowest BCUT2D eigenvalue weighted by Gasteiger charge is -2.08. The summed E-state index contributed by atoms with van der Waals surface area (Å²) in [5.41, 5.74) is 0. The molecule has 1 amide bonds. The highest BCUT2D eigenvalue weighted by Gasteiger charge is 2.28. The predicted octanol–water partition coefficient (Wildman–Crippen LogP) is -2.19. The van der Waals surface area contributed by atoms with Gasteiger partial charge in [0, 0.05) is 0 Å². The van der Waals surface area contributed by atoms with E-state index in [1.165, 1.54) is 0 Å². The van der Waals surface area contributed by atoms with Gasteiger partial charge >= 0.3 is 0 Å². The second-order valence-electron chi connectivity index (χ2n) is 1.72. The Balaban J connectivity index is 2.77. The lowest BCUT2D eigenvalue weighted by molar-refractivity contribution is -0.125. The van der Waals surface area contributed by atoms with Crippen molar-refractivity contribution in [3.8, 4) is 0 Å². The van der Waals surface area contributed by atoms with Gasteiger partial charge in [-0.15, -0.1) is 0 Å². The van der Waals surface area contributed by atoms with E-state index in [0.29, 0.717) is 5.01 Å². The molecule has 0 radical (unpaired) electrons. The second kappa shape index (κ2) is 1.67. The minimum atomic E-state index is -0.359. The van der Waals surface area contributed by atoms with Gasteiger partial charge in [0.1, 0.15) is 6.54 Å². The first kappa shape index (κ1) is 5.99. The van der Waals surface area contributed by atoms with Crippen LogP contribution < -0.4 is 11.7 Å². The molecule has 0 aromatic rings. The van der Waals surface area contributed by atoms with E-state index in [1.807, 2.05) is 0 Å². The standard InChI is InChI=1S/C3H7N5O/c4-3-7(5)1-2(9)8(3)6/h4H,1,5-6H2. The molecule has 1 rings (SSSR count). The van der Waals surface area contributed by atoms with Crippen LogP contribution in [0, 0.1) is 5.41 Å². The maximum absolute atomic E-state index is 10.5. The zero-order chi connectivity index (χ0) is 7.02. The van der Waals surface area contributed by atoms with Crippen molar-refractivity contribution in [2.45, 2.75) is 0 Å². The van der Waals surface area contributed by atoms with Crippen molar-refractivity contribution in [1.29, 1.82) is 5.41 Å². The molecule has 0 saturated carbocycles. The number of carbonyl (C=O) groups is 1. The van der Waals surface area contributed by atoms with Crippen LogP contribution in [0.3, 0.4) is 0 Å². The molecule has 0 aromatic heterocycles. The van der Waals surface area contributed by atoms with Crippen molar-refractivity contribution in [3.63, 3.8) is 0 Å². The molecule has 50 valence electrons. The van der Waals surface area contributed by atoms with E-state index < -0.39 is 0 Å². The van der Waals surface area contributed by atoms with E-state index in [2.05, 4.69) is 0 Å². The Morgan fingerprint density at radius 2 is 2.11 bits per heavy atom. The number of nitrogens with two attached hydrogens (primary N) is 2. The molecule has 0 aromatic carbocycles. The fourth-order valence-electron chi connectivity index (χ4n) is 0.553. The molecule has 6 heteroatoms. The van der Waals surface area contributed by atoms with Gasteiger partial charge in [0.25, 0.3) is 5.91 Å². The van der Waals surface area contributed by atoms with Crippen molar-refractivity contribution < 1.29 is 4.79 Å². The molecule has 0 spiro atoms. The Morgan fingerprint density at radius 3 is 2.22 bits per heavy atom. The fourth-order valence-corrected chi connectivity index (χ4v) is 0.553. The summed E-state index contributed by atoms with van der Waals surface area (Å²) >= 11 is 0. The van der Waals surface area contributed by atoms with Gasteiger partial charge in [-0.05, 0) is 0 Å². The summed E-state index contributed by atoms with van der Waals surface area (Å²) in [7, 11) is 0. The molecule has 5 N–H and O–H groups in total. The lowest BCUT2D eigenvalue weighted by atomic mass is 10.6. The molecule has 0 atom stereocenters. The van der Waals surface area contributed by atoms with E-state index in [-0.39, 0.29) is 18.4 Å². The number of hydrogen-bond acceptors (Lipinski definition) is 4. The van der Waals surface area contributed by atoms with Crippen LogP contribution in [0.1, 0.15) is 0 Å². The molecule has 0 bridgehead atoms. The molecule has 1 saturated heterocycles. The molecule has 9 heavy (non-hydrogen) atoms. The summed E-state index contributed by atoms with van der Waals surface area (Å²) < 4.78 is 0. The molecular formula is C3H7N5O. The van der Waals surface area contributed by atoms with E-state index in [0.717, 1.165) is 5.01 Å². The van der Waals surface area contributed by atoms with Crippen LogP contribution in [-0.4, -0.2) is 28.4 Å². The zero-order valence-electron chi connectivity index (χ0n) is 4.66. The zero-order valence-corrected chi connectivity index (χ0v) is 4.66. The average Bonchev–Trinajstić information content (AvgIpc) is 1.98. The summed E-state index contributed by atoms with van der Waals surface area (Å²) in [5, 5.41) is 8.65. The first-order valence-electron chi connectivity index (χ1n) is 2.31. The number of hydrazine groups is 2. The number of amides is 1. The Bertz CT molecular complexity index is 166. The molecule has 1 aliphatic heterocycles. The highest BCUT2D eigenvalue weighted by molar-refractivity contribution is 6.01. The van der Waals surface area contributed by atoms with Crippen LogP contribution in [0.2, 0.25) is 0 Å². The Labute approximate surface area is 51.4 Å². The van der Waals surface area contributed by atoms with Crippen LogP contribution in [0.15, 0.2) is 0 Å². The molecular weight excluding hydrogens is 122 g/mol. The topological polar surface area (TPSA) is 99.4 Å². The van der Waals surface area contributed by atoms with Gasteiger partial charge in [0.05, 0.1) is 0 Å². The quantitative estimate of drug-likeness (QED) is 0.255. The third-order valence-corrected chi connectivity index (χ3v) is 1.07. The fraction of sp³-hybridized carbons (Fsp3) is 0.333. The highest BCUT2D eigenvalue weighted by atomic mass is 16.2. The van der Waals surface area contributed by atoms with Crippen molar-refractivity contribution >= 4 is 11.9 Å². The van der Waals surface area contributed by atoms with E-state index in [9.17, 15) is 4.79 Å².